The van der Waals surface area contributed by atoms with Crippen molar-refractivity contribution in [3.8, 4) is 0 Å². The van der Waals surface area contributed by atoms with E-state index in [4.69, 9.17) is 0 Å². The summed E-state index contributed by atoms with van der Waals surface area (Å²) in [6.07, 6.45) is 3.93. The van der Waals surface area contributed by atoms with Gasteiger partial charge in [-0.1, -0.05) is 29.8 Å². The van der Waals surface area contributed by atoms with Gasteiger partial charge in [-0.3, -0.25) is 4.79 Å². The largest absolute Gasteiger partial charge is 0.299 e. The minimum Gasteiger partial charge on any atom is -0.299 e. The molecule has 0 bridgehead atoms. The van der Waals surface area contributed by atoms with E-state index in [9.17, 15) is 4.79 Å². The Bertz CT molecular complexity index is 341. The zero-order chi connectivity index (χ0) is 9.97. The average Bonchev–Trinajstić information content (AvgIpc) is 2.52. The van der Waals surface area contributed by atoms with Crippen molar-refractivity contribution < 1.29 is 4.79 Å². The number of hydrogen-bond donors (Lipinski definition) is 0. The Kier molecular flexibility index (Phi) is 2.67. The molecule has 74 valence electrons. The zero-order valence-corrected chi connectivity index (χ0v) is 8.62. The highest BCUT2D eigenvalue weighted by Gasteiger charge is 2.24. The summed E-state index contributed by atoms with van der Waals surface area (Å²) in [7, 11) is 0. The van der Waals surface area contributed by atoms with Crippen LogP contribution in [0.1, 0.15) is 30.4 Å². The molecule has 1 aliphatic carbocycles. The van der Waals surface area contributed by atoms with E-state index < -0.39 is 0 Å². The van der Waals surface area contributed by atoms with Gasteiger partial charge in [-0.2, -0.15) is 0 Å². The molecule has 1 aromatic carbocycles. The minimum atomic E-state index is 0.303. The topological polar surface area (TPSA) is 17.1 Å². The van der Waals surface area contributed by atoms with Gasteiger partial charge in [0.15, 0.2) is 0 Å². The van der Waals surface area contributed by atoms with Crippen LogP contribution in [0.4, 0.5) is 0 Å². The molecular formula is C13H16O. The van der Waals surface area contributed by atoms with Crippen LogP contribution < -0.4 is 0 Å². The van der Waals surface area contributed by atoms with Gasteiger partial charge in [0.1, 0.15) is 5.78 Å². The van der Waals surface area contributed by atoms with Crippen molar-refractivity contribution in [1.82, 2.24) is 0 Å². The Hall–Kier alpha value is -1.11. The van der Waals surface area contributed by atoms with Crippen LogP contribution in [-0.2, 0) is 11.2 Å². The zero-order valence-electron chi connectivity index (χ0n) is 8.62. The number of carbonyl (C=O) groups is 1. The first-order valence-electron chi connectivity index (χ1n) is 5.34. The Balaban J connectivity index is 2.07. The van der Waals surface area contributed by atoms with Crippen LogP contribution in [0.3, 0.4) is 0 Å². The second-order valence-corrected chi connectivity index (χ2v) is 4.25. The first-order chi connectivity index (χ1) is 6.75. The highest BCUT2D eigenvalue weighted by molar-refractivity contribution is 5.83. The molecule has 1 heteroatoms. The monoisotopic (exact) mass is 188 g/mol. The summed E-state index contributed by atoms with van der Waals surface area (Å²) in [6.45, 7) is 2.10. The third-order valence-electron chi connectivity index (χ3n) is 3.00. The molecule has 14 heavy (non-hydrogen) atoms. The van der Waals surface area contributed by atoms with Crippen molar-refractivity contribution in [2.24, 2.45) is 5.92 Å². The summed E-state index contributed by atoms with van der Waals surface area (Å²) in [6, 6.07) is 8.48. The van der Waals surface area contributed by atoms with E-state index in [1.165, 1.54) is 11.1 Å². The molecule has 1 aliphatic rings. The number of rotatable bonds is 2. The highest BCUT2D eigenvalue weighted by atomic mass is 16.1. The van der Waals surface area contributed by atoms with Crippen LogP contribution in [0.5, 0.6) is 0 Å². The van der Waals surface area contributed by atoms with Gasteiger partial charge in [0.25, 0.3) is 0 Å². The maximum Gasteiger partial charge on any atom is 0.136 e. The standard InChI is InChI=1S/C13H16O/c1-10-4-2-5-11(8-10)9-12-6-3-7-13(12)14/h2,4-5,8,12H,3,6-7,9H2,1H3. The van der Waals surface area contributed by atoms with Crippen molar-refractivity contribution in [2.75, 3.05) is 0 Å². The van der Waals surface area contributed by atoms with Crippen LogP contribution in [0.15, 0.2) is 24.3 Å². The average molecular weight is 188 g/mol. The van der Waals surface area contributed by atoms with Crippen LogP contribution >= 0.6 is 0 Å². The minimum absolute atomic E-state index is 0.303. The molecule has 1 aromatic rings. The molecule has 0 saturated heterocycles. The number of carbonyl (C=O) groups excluding carboxylic acids is 1. The first kappa shape index (κ1) is 9.45. The summed E-state index contributed by atoms with van der Waals surface area (Å²) >= 11 is 0. The molecule has 0 aliphatic heterocycles. The maximum atomic E-state index is 11.5. The van der Waals surface area contributed by atoms with Crippen molar-refractivity contribution in [3.05, 3.63) is 35.4 Å². The molecule has 0 aromatic heterocycles. The van der Waals surface area contributed by atoms with Crippen molar-refractivity contribution in [3.63, 3.8) is 0 Å². The highest BCUT2D eigenvalue weighted by Crippen LogP contribution is 2.25. The molecular weight excluding hydrogens is 172 g/mol. The fourth-order valence-corrected chi connectivity index (χ4v) is 2.23. The Labute approximate surface area is 85.1 Å². The number of Topliss-reactive ketones (excluding diaryl/α,β-unsaturated/α-hetero) is 1. The second-order valence-electron chi connectivity index (χ2n) is 4.25. The van der Waals surface area contributed by atoms with Gasteiger partial charge in [-0.05, 0) is 31.7 Å². The molecule has 1 saturated carbocycles. The van der Waals surface area contributed by atoms with Crippen molar-refractivity contribution in [2.45, 2.75) is 32.6 Å². The third kappa shape index (κ3) is 2.03. The van der Waals surface area contributed by atoms with Crippen LogP contribution in [-0.4, -0.2) is 5.78 Å². The molecule has 0 amide bonds. The predicted octanol–water partition coefficient (Wildman–Crippen LogP) is 2.91. The smallest absolute Gasteiger partial charge is 0.136 e. The summed E-state index contributed by atoms with van der Waals surface area (Å²) in [5.41, 5.74) is 2.60. The quantitative estimate of drug-likeness (QED) is 0.697. The van der Waals surface area contributed by atoms with Gasteiger partial charge in [0.05, 0.1) is 0 Å². The van der Waals surface area contributed by atoms with E-state index in [1.54, 1.807) is 0 Å². The molecule has 1 nitrogen and oxygen atoms in total. The van der Waals surface area contributed by atoms with Crippen molar-refractivity contribution >= 4 is 5.78 Å². The lowest BCUT2D eigenvalue weighted by molar-refractivity contribution is -0.120. The van der Waals surface area contributed by atoms with E-state index in [0.29, 0.717) is 11.7 Å². The summed E-state index contributed by atoms with van der Waals surface area (Å²) in [5, 5.41) is 0. The fraction of sp³-hybridized carbons (Fsp3) is 0.462. The van der Waals surface area contributed by atoms with Crippen LogP contribution in [0.2, 0.25) is 0 Å². The molecule has 0 radical (unpaired) electrons. The van der Waals surface area contributed by atoms with E-state index in [0.717, 1.165) is 25.7 Å². The Morgan fingerprint density at radius 1 is 1.43 bits per heavy atom. The fourth-order valence-electron chi connectivity index (χ4n) is 2.23. The van der Waals surface area contributed by atoms with E-state index in [-0.39, 0.29) is 0 Å². The summed E-state index contributed by atoms with van der Waals surface area (Å²) < 4.78 is 0. The van der Waals surface area contributed by atoms with Gasteiger partial charge in [0, 0.05) is 12.3 Å². The molecule has 0 N–H and O–H groups in total. The number of ketones is 1. The molecule has 1 unspecified atom stereocenters. The Morgan fingerprint density at radius 2 is 2.29 bits per heavy atom. The predicted molar refractivity (Wildman–Crippen MR) is 57.2 cm³/mol. The SMILES string of the molecule is Cc1cccc(CC2CCCC2=O)c1. The molecule has 2 rings (SSSR count). The van der Waals surface area contributed by atoms with Gasteiger partial charge < -0.3 is 0 Å². The second kappa shape index (κ2) is 3.95. The van der Waals surface area contributed by atoms with Gasteiger partial charge in [-0.25, -0.2) is 0 Å². The molecule has 1 atom stereocenters. The van der Waals surface area contributed by atoms with E-state index in [2.05, 4.69) is 31.2 Å². The van der Waals surface area contributed by atoms with Crippen LogP contribution in [0, 0.1) is 12.8 Å². The third-order valence-corrected chi connectivity index (χ3v) is 3.00. The van der Waals surface area contributed by atoms with Crippen molar-refractivity contribution in [1.29, 1.82) is 0 Å². The van der Waals surface area contributed by atoms with Crippen LogP contribution in [0.25, 0.3) is 0 Å². The van der Waals surface area contributed by atoms with Gasteiger partial charge in [-0.15, -0.1) is 0 Å². The lowest BCUT2D eigenvalue weighted by atomic mass is 9.96. The summed E-state index contributed by atoms with van der Waals surface area (Å²) in [4.78, 5) is 11.5. The van der Waals surface area contributed by atoms with E-state index in [1.807, 2.05) is 0 Å². The lowest BCUT2D eigenvalue weighted by Gasteiger charge is -2.07. The van der Waals surface area contributed by atoms with Gasteiger partial charge >= 0.3 is 0 Å². The normalized spacial score (nSPS) is 21.5. The maximum absolute atomic E-state index is 11.5. The number of benzene rings is 1. The first-order valence-corrected chi connectivity index (χ1v) is 5.34. The van der Waals surface area contributed by atoms with Gasteiger partial charge in [0.2, 0.25) is 0 Å². The van der Waals surface area contributed by atoms with E-state index >= 15 is 0 Å². The molecule has 0 heterocycles. The lowest BCUT2D eigenvalue weighted by Crippen LogP contribution is -2.09. The molecule has 0 spiro atoms. The molecule has 1 fully saturated rings. The number of aryl methyl sites for hydroxylation is 1. The Morgan fingerprint density at radius 3 is 2.93 bits per heavy atom. The summed E-state index contributed by atoms with van der Waals surface area (Å²) in [5.74, 6) is 0.767. The number of hydrogen-bond acceptors (Lipinski definition) is 1.